The second kappa shape index (κ2) is 6.88. The highest BCUT2D eigenvalue weighted by molar-refractivity contribution is 6.06. The number of nitrogens with two attached hydrogens (primary N) is 1. The number of nitrogens with zero attached hydrogens (tertiary/aromatic N) is 2. The van der Waals surface area contributed by atoms with E-state index in [9.17, 15) is 9.59 Å². The van der Waals surface area contributed by atoms with Crippen LogP contribution in [0.4, 0.5) is 5.69 Å². The van der Waals surface area contributed by atoms with E-state index in [4.69, 9.17) is 5.73 Å². The normalized spacial score (nSPS) is 25.2. The number of nitrogens with one attached hydrogen (secondary N) is 2. The van der Waals surface area contributed by atoms with E-state index in [1.165, 1.54) is 6.20 Å². The molecule has 7 heteroatoms. The van der Waals surface area contributed by atoms with Gasteiger partial charge in [-0.15, -0.1) is 0 Å². The van der Waals surface area contributed by atoms with Gasteiger partial charge in [0.2, 0.25) is 0 Å². The first-order valence-corrected chi connectivity index (χ1v) is 10.1. The van der Waals surface area contributed by atoms with Crippen LogP contribution in [-0.2, 0) is 4.79 Å². The zero-order chi connectivity index (χ0) is 20.1. The molecule has 0 aromatic carbocycles. The number of primary amides is 1. The van der Waals surface area contributed by atoms with Gasteiger partial charge < -0.3 is 16.0 Å². The van der Waals surface area contributed by atoms with E-state index in [2.05, 4.69) is 20.2 Å². The summed E-state index contributed by atoms with van der Waals surface area (Å²) in [5, 5.41) is 4.48. The first kappa shape index (κ1) is 18.9. The van der Waals surface area contributed by atoms with Gasteiger partial charge in [0.15, 0.2) is 5.78 Å². The van der Waals surface area contributed by atoms with Crippen LogP contribution < -0.4 is 11.1 Å². The number of pyridine rings is 1. The lowest BCUT2D eigenvalue weighted by atomic mass is 9.89. The maximum atomic E-state index is 12.5. The Labute approximate surface area is 165 Å². The van der Waals surface area contributed by atoms with Crippen molar-refractivity contribution in [3.8, 4) is 0 Å². The Balaban J connectivity index is 1.53. The molecule has 2 aliphatic rings. The van der Waals surface area contributed by atoms with Crippen LogP contribution >= 0.6 is 0 Å². The fourth-order valence-corrected chi connectivity index (χ4v) is 4.61. The topological polar surface area (TPSA) is 104 Å². The van der Waals surface area contributed by atoms with E-state index >= 15 is 0 Å². The summed E-state index contributed by atoms with van der Waals surface area (Å²) in [6.45, 7) is 6.50. The van der Waals surface area contributed by atoms with Crippen molar-refractivity contribution in [2.24, 2.45) is 11.1 Å². The number of piperidine rings is 1. The number of aromatic amines is 1. The van der Waals surface area contributed by atoms with Gasteiger partial charge >= 0.3 is 0 Å². The lowest BCUT2D eigenvalue weighted by molar-refractivity contribution is -0.128. The van der Waals surface area contributed by atoms with Crippen molar-refractivity contribution in [2.45, 2.75) is 64.6 Å². The molecule has 0 aliphatic carbocycles. The predicted molar refractivity (Wildman–Crippen MR) is 109 cm³/mol. The Bertz CT molecular complexity index is 899. The number of amides is 1. The molecule has 0 spiro atoms. The maximum absolute atomic E-state index is 12.5. The van der Waals surface area contributed by atoms with E-state index in [1.807, 2.05) is 33.0 Å². The molecule has 0 saturated carbocycles. The quantitative estimate of drug-likeness (QED) is 0.736. The largest absolute Gasteiger partial charge is 0.381 e. The Morgan fingerprint density at radius 3 is 2.57 bits per heavy atom. The fourth-order valence-electron chi connectivity index (χ4n) is 4.61. The van der Waals surface area contributed by atoms with Crippen molar-refractivity contribution >= 4 is 28.4 Å². The molecule has 7 nitrogen and oxygen atoms in total. The van der Waals surface area contributed by atoms with Crippen molar-refractivity contribution in [3.63, 3.8) is 0 Å². The minimum absolute atomic E-state index is 0.247. The van der Waals surface area contributed by atoms with Gasteiger partial charge in [-0.1, -0.05) is 20.8 Å². The van der Waals surface area contributed by atoms with Crippen molar-refractivity contribution in [1.29, 1.82) is 0 Å². The third-order valence-corrected chi connectivity index (χ3v) is 6.25. The summed E-state index contributed by atoms with van der Waals surface area (Å²) in [5.41, 5.74) is 7.21. The molecule has 2 fully saturated rings. The minimum atomic E-state index is -0.478. The number of carbonyl (C=O) groups excluding carboxylic acids is 2. The monoisotopic (exact) mass is 383 g/mol. The van der Waals surface area contributed by atoms with Gasteiger partial charge in [-0.2, -0.15) is 0 Å². The highest BCUT2D eigenvalue weighted by Gasteiger charge is 2.42. The maximum Gasteiger partial charge on any atom is 0.252 e. The second-order valence-corrected chi connectivity index (χ2v) is 9.19. The molecule has 1 unspecified atom stereocenters. The van der Waals surface area contributed by atoms with Gasteiger partial charge in [0.05, 0.1) is 17.8 Å². The predicted octanol–water partition coefficient (Wildman–Crippen LogP) is 2.68. The first-order chi connectivity index (χ1) is 13.2. The molecule has 2 aromatic rings. The van der Waals surface area contributed by atoms with Gasteiger partial charge in [0.25, 0.3) is 5.91 Å². The van der Waals surface area contributed by atoms with Gasteiger partial charge in [-0.3, -0.25) is 14.5 Å². The first-order valence-electron chi connectivity index (χ1n) is 10.1. The summed E-state index contributed by atoms with van der Waals surface area (Å²) >= 11 is 0. The number of ketones is 1. The Kier molecular flexibility index (Phi) is 4.65. The molecular formula is C21H29N5O2. The van der Waals surface area contributed by atoms with Crippen LogP contribution in [0.1, 0.15) is 56.8 Å². The number of H-pyrrole nitrogens is 1. The molecule has 4 N–H and O–H groups in total. The number of fused-ring (bicyclic) bond motifs is 3. The molecule has 1 amide bonds. The smallest absolute Gasteiger partial charge is 0.252 e. The third kappa shape index (κ3) is 3.39. The van der Waals surface area contributed by atoms with Crippen LogP contribution in [0.5, 0.6) is 0 Å². The van der Waals surface area contributed by atoms with Crippen LogP contribution in [0.2, 0.25) is 0 Å². The van der Waals surface area contributed by atoms with E-state index in [0.29, 0.717) is 30.0 Å². The van der Waals surface area contributed by atoms with Gasteiger partial charge in [-0.25, -0.2) is 4.98 Å². The molecule has 4 rings (SSSR count). The average Bonchev–Trinajstić information content (AvgIpc) is 3.17. The Morgan fingerprint density at radius 2 is 1.96 bits per heavy atom. The van der Waals surface area contributed by atoms with Crippen molar-refractivity contribution in [3.05, 3.63) is 24.0 Å². The minimum Gasteiger partial charge on any atom is -0.381 e. The van der Waals surface area contributed by atoms with E-state index in [-0.39, 0.29) is 11.5 Å². The Morgan fingerprint density at radius 1 is 1.29 bits per heavy atom. The van der Waals surface area contributed by atoms with Gasteiger partial charge in [0, 0.05) is 41.3 Å². The standard InChI is InChI=1S/C21H29N5O2/c1-21(2,3)17(27)11-26-13-4-5-14(26)9-12(8-13)25-18-15-6-7-23-20(15)24-10-16(18)19(22)28/h6-7,10,12-14H,4-5,8-9,11H2,1-3H3,(H2,22,28)(H2,23,24,25)/t12?,13-,14+. The number of anilines is 1. The van der Waals surface area contributed by atoms with Crippen molar-refractivity contribution in [2.75, 3.05) is 11.9 Å². The number of hydrogen-bond donors (Lipinski definition) is 3. The number of Topliss-reactive ketones (excluding diaryl/α,β-unsaturated/α-hetero) is 1. The summed E-state index contributed by atoms with van der Waals surface area (Å²) in [5.74, 6) is -0.177. The molecule has 28 heavy (non-hydrogen) atoms. The number of hydrogen-bond acceptors (Lipinski definition) is 5. The highest BCUT2D eigenvalue weighted by atomic mass is 16.1. The summed E-state index contributed by atoms with van der Waals surface area (Å²) in [6.07, 6.45) is 7.52. The summed E-state index contributed by atoms with van der Waals surface area (Å²) in [4.78, 5) is 34.2. The van der Waals surface area contributed by atoms with E-state index < -0.39 is 5.91 Å². The fraction of sp³-hybridized carbons (Fsp3) is 0.571. The van der Waals surface area contributed by atoms with Crippen molar-refractivity contribution in [1.82, 2.24) is 14.9 Å². The van der Waals surface area contributed by atoms with E-state index in [1.54, 1.807) is 0 Å². The number of rotatable bonds is 5. The van der Waals surface area contributed by atoms with Crippen LogP contribution in [-0.4, -0.2) is 51.2 Å². The van der Waals surface area contributed by atoms with Crippen LogP contribution in [0.25, 0.3) is 11.0 Å². The van der Waals surface area contributed by atoms with Gasteiger partial charge in [-0.05, 0) is 31.7 Å². The average molecular weight is 383 g/mol. The summed E-state index contributed by atoms with van der Waals surface area (Å²) in [6, 6.07) is 2.98. The molecule has 150 valence electrons. The summed E-state index contributed by atoms with van der Waals surface area (Å²) in [7, 11) is 0. The SMILES string of the molecule is CC(C)(C)C(=O)CN1[C@@H]2CC[C@H]1CC(Nc1c(C(N)=O)cnc3[nH]ccc13)C2. The van der Waals surface area contributed by atoms with Crippen molar-refractivity contribution < 1.29 is 9.59 Å². The highest BCUT2D eigenvalue weighted by Crippen LogP contribution is 2.38. The molecule has 2 saturated heterocycles. The molecule has 2 bridgehead atoms. The third-order valence-electron chi connectivity index (χ3n) is 6.25. The molecule has 2 aliphatic heterocycles. The molecule has 4 heterocycles. The lowest BCUT2D eigenvalue weighted by Crippen LogP contribution is -2.50. The zero-order valence-electron chi connectivity index (χ0n) is 16.8. The van der Waals surface area contributed by atoms with Gasteiger partial charge in [0.1, 0.15) is 5.65 Å². The zero-order valence-corrected chi connectivity index (χ0v) is 16.8. The lowest BCUT2D eigenvalue weighted by Gasteiger charge is -2.40. The summed E-state index contributed by atoms with van der Waals surface area (Å²) < 4.78 is 0. The van der Waals surface area contributed by atoms with Crippen LogP contribution in [0.3, 0.4) is 0 Å². The van der Waals surface area contributed by atoms with Crippen LogP contribution in [0.15, 0.2) is 18.5 Å². The molecule has 2 aromatic heterocycles. The Hall–Kier alpha value is -2.41. The molecular weight excluding hydrogens is 354 g/mol. The number of aromatic nitrogens is 2. The van der Waals surface area contributed by atoms with E-state index in [0.717, 1.165) is 42.4 Å². The second-order valence-electron chi connectivity index (χ2n) is 9.19. The molecule has 0 radical (unpaired) electrons. The van der Waals surface area contributed by atoms with Crippen LogP contribution in [0, 0.1) is 5.41 Å². The number of carbonyl (C=O) groups is 2. The molecule has 3 atom stereocenters.